The van der Waals surface area contributed by atoms with Crippen LogP contribution in [-0.4, -0.2) is 118 Å². The number of nitrogens with zero attached hydrogens (tertiary/aromatic N) is 5. The Kier molecular flexibility index (Phi) is 12.4. The molecule has 55 heavy (non-hydrogen) atoms. The van der Waals surface area contributed by atoms with Crippen LogP contribution in [0, 0.1) is 23.6 Å². The van der Waals surface area contributed by atoms with Gasteiger partial charge in [0, 0.05) is 62.5 Å². The van der Waals surface area contributed by atoms with Crippen molar-refractivity contribution in [2.45, 2.75) is 96.2 Å². The minimum Gasteiger partial charge on any atom is -0.342 e. The molecule has 4 aliphatic rings. The lowest BCUT2D eigenvalue weighted by molar-refractivity contribution is -0.142. The predicted octanol–water partition coefficient (Wildman–Crippen LogP) is 4.62. The number of fused-ring (bicyclic) bond motifs is 1. The van der Waals surface area contributed by atoms with E-state index in [9.17, 15) is 19.2 Å². The Balaban J connectivity index is 0.846. The maximum absolute atomic E-state index is 15.0. The highest BCUT2D eigenvalue weighted by atomic mass is 19.1. The van der Waals surface area contributed by atoms with Gasteiger partial charge in [0.25, 0.3) is 5.56 Å². The fourth-order valence-electron chi connectivity index (χ4n) is 9.85. The number of benzene rings is 2. The van der Waals surface area contributed by atoms with Crippen LogP contribution in [-0.2, 0) is 16.0 Å². The number of Topliss-reactive ketones (excluding diaryl/α,β-unsaturated/α-hetero) is 1. The molecule has 11 nitrogen and oxygen atoms in total. The first-order valence-electron chi connectivity index (χ1n) is 20.6. The molecule has 0 unspecified atom stereocenters. The normalized spacial score (nSPS) is 23.3. The third-order valence-electron chi connectivity index (χ3n) is 12.9. The van der Waals surface area contributed by atoms with Crippen molar-refractivity contribution in [3.8, 4) is 0 Å². The highest BCUT2D eigenvalue weighted by Gasteiger charge is 2.38. The molecule has 4 fully saturated rings. The fraction of sp³-hybridized carbons (Fsp3) is 0.605. The van der Waals surface area contributed by atoms with Gasteiger partial charge in [-0.3, -0.25) is 29.0 Å². The Morgan fingerprint density at radius 3 is 2.24 bits per heavy atom. The van der Waals surface area contributed by atoms with Crippen LogP contribution >= 0.6 is 0 Å². The molecule has 1 aromatic heterocycles. The lowest BCUT2D eigenvalue weighted by atomic mass is 9.83. The number of nitrogens with one attached hydrogen (secondary N) is 1. The van der Waals surface area contributed by atoms with Gasteiger partial charge in [0.15, 0.2) is 5.78 Å². The van der Waals surface area contributed by atoms with E-state index >= 15 is 4.39 Å². The van der Waals surface area contributed by atoms with Crippen LogP contribution < -0.4 is 11.3 Å². The highest BCUT2D eigenvalue weighted by molar-refractivity contribution is 5.98. The number of aromatic nitrogens is 2. The number of H-pyrrole nitrogens is 1. The van der Waals surface area contributed by atoms with Gasteiger partial charge >= 0.3 is 0 Å². The molecule has 12 heteroatoms. The summed E-state index contributed by atoms with van der Waals surface area (Å²) in [6, 6.07) is 11.7. The monoisotopic (exact) mass is 755 g/mol. The van der Waals surface area contributed by atoms with Crippen LogP contribution in [0.2, 0.25) is 0 Å². The number of rotatable bonds is 10. The van der Waals surface area contributed by atoms with E-state index in [-0.39, 0.29) is 52.8 Å². The quantitative estimate of drug-likeness (QED) is 0.287. The molecule has 3 aromatic rings. The summed E-state index contributed by atoms with van der Waals surface area (Å²) in [4.78, 5) is 61.3. The van der Waals surface area contributed by atoms with E-state index in [0.717, 1.165) is 69.4 Å². The van der Waals surface area contributed by atoms with E-state index in [1.165, 1.54) is 25.3 Å². The maximum Gasteiger partial charge on any atom is 0.272 e. The molecule has 4 heterocycles. The summed E-state index contributed by atoms with van der Waals surface area (Å²) in [5.41, 5.74) is 7.73. The number of carbonyl (C=O) groups is 3. The number of piperazine rings is 1. The van der Waals surface area contributed by atoms with Gasteiger partial charge < -0.3 is 15.5 Å². The molecule has 7 rings (SSSR count). The van der Waals surface area contributed by atoms with E-state index in [2.05, 4.69) is 38.7 Å². The summed E-state index contributed by atoms with van der Waals surface area (Å²) < 4.78 is 15.0. The van der Waals surface area contributed by atoms with E-state index in [1.54, 1.807) is 24.3 Å². The summed E-state index contributed by atoms with van der Waals surface area (Å²) in [5.74, 6) is -0.0339. The number of amides is 2. The first kappa shape index (κ1) is 39.2. The Labute approximate surface area is 323 Å². The van der Waals surface area contributed by atoms with Gasteiger partial charge in [0.1, 0.15) is 5.82 Å². The lowest BCUT2D eigenvalue weighted by Crippen LogP contribution is -2.63. The number of carbonyl (C=O) groups excluding carboxylic acids is 3. The maximum atomic E-state index is 15.0. The number of halogens is 1. The summed E-state index contributed by atoms with van der Waals surface area (Å²) in [6.07, 6.45) is 9.17. The van der Waals surface area contributed by atoms with Gasteiger partial charge in [-0.25, -0.2) is 9.49 Å². The number of likely N-dealkylation sites (tertiary alicyclic amines) is 2. The zero-order chi connectivity index (χ0) is 38.6. The van der Waals surface area contributed by atoms with Crippen molar-refractivity contribution in [2.24, 2.45) is 23.5 Å². The summed E-state index contributed by atoms with van der Waals surface area (Å²) >= 11 is 0. The number of nitrogens with two attached hydrogens (primary N) is 1. The highest BCUT2D eigenvalue weighted by Crippen LogP contribution is 2.30. The van der Waals surface area contributed by atoms with Gasteiger partial charge in [-0.2, -0.15) is 5.10 Å². The third kappa shape index (κ3) is 9.02. The van der Waals surface area contributed by atoms with E-state index in [4.69, 9.17) is 5.73 Å². The first-order chi connectivity index (χ1) is 26.5. The molecule has 3 aliphatic heterocycles. The number of aromatic amines is 1. The van der Waals surface area contributed by atoms with Gasteiger partial charge in [-0.15, -0.1) is 0 Å². The van der Waals surface area contributed by atoms with Crippen LogP contribution in [0.25, 0.3) is 10.8 Å². The number of piperidine rings is 2. The summed E-state index contributed by atoms with van der Waals surface area (Å²) in [5, 5.41) is 8.04. The fourth-order valence-corrected chi connectivity index (χ4v) is 9.85. The number of ketones is 1. The summed E-state index contributed by atoms with van der Waals surface area (Å²) in [7, 11) is 0. The molecule has 1 saturated carbocycles. The standard InChI is InChI=1S/C43H58FN7O4/c1-28-24-49(25-29(2)51(28)43(55)40(45)32-8-4-3-5-9-32)26-30-14-18-48(19-15-30)27-39(52)50-20-16-33(17-21-50)41(53)36-22-31(12-13-37(36)44)23-38-34-10-6-7-11-35(34)42(54)47-46-38/h6-7,10-13,22,28-30,32-33,40H,3-5,8-9,14-21,23-27,45H2,1-2H3,(H,47,54)/t28-,29+,40-/m1/s1. The topological polar surface area (TPSA) is 136 Å². The molecular formula is C43H58FN7O4. The van der Waals surface area contributed by atoms with Crippen molar-refractivity contribution in [3.05, 3.63) is 75.5 Å². The second kappa shape index (κ2) is 17.4. The van der Waals surface area contributed by atoms with Crippen molar-refractivity contribution in [2.75, 3.05) is 52.4 Å². The second-order valence-corrected chi connectivity index (χ2v) is 16.9. The molecule has 2 amide bonds. The van der Waals surface area contributed by atoms with Gasteiger partial charge in [0.05, 0.1) is 29.2 Å². The van der Waals surface area contributed by atoms with Gasteiger partial charge in [-0.1, -0.05) is 43.5 Å². The largest absolute Gasteiger partial charge is 0.342 e. The Hall–Kier alpha value is -4.00. The molecular weight excluding hydrogens is 698 g/mol. The molecule has 3 saturated heterocycles. The van der Waals surface area contributed by atoms with Crippen molar-refractivity contribution in [3.63, 3.8) is 0 Å². The average molecular weight is 756 g/mol. The van der Waals surface area contributed by atoms with Crippen molar-refractivity contribution in [1.82, 2.24) is 29.8 Å². The van der Waals surface area contributed by atoms with Crippen molar-refractivity contribution < 1.29 is 18.8 Å². The zero-order valence-corrected chi connectivity index (χ0v) is 32.6. The van der Waals surface area contributed by atoms with E-state index in [1.807, 2.05) is 17.0 Å². The minimum atomic E-state index is -0.550. The van der Waals surface area contributed by atoms with Crippen LogP contribution in [0.5, 0.6) is 0 Å². The van der Waals surface area contributed by atoms with Crippen LogP contribution in [0.1, 0.15) is 93.3 Å². The van der Waals surface area contributed by atoms with Crippen molar-refractivity contribution >= 4 is 28.4 Å². The van der Waals surface area contributed by atoms with E-state index < -0.39 is 5.82 Å². The minimum absolute atomic E-state index is 0.0667. The molecule has 2 aromatic carbocycles. The Morgan fingerprint density at radius 1 is 0.873 bits per heavy atom. The number of hydrogen-bond acceptors (Lipinski definition) is 8. The predicted molar refractivity (Wildman–Crippen MR) is 211 cm³/mol. The zero-order valence-electron chi connectivity index (χ0n) is 32.6. The Bertz CT molecular complexity index is 1890. The second-order valence-electron chi connectivity index (χ2n) is 16.9. The smallest absolute Gasteiger partial charge is 0.272 e. The van der Waals surface area contributed by atoms with E-state index in [0.29, 0.717) is 61.8 Å². The average Bonchev–Trinajstić information content (AvgIpc) is 3.20. The lowest BCUT2D eigenvalue weighted by Gasteiger charge is -2.47. The van der Waals surface area contributed by atoms with Gasteiger partial charge in [0.2, 0.25) is 11.8 Å². The molecule has 3 N–H and O–H groups in total. The molecule has 0 spiro atoms. The number of hydrogen-bond donors (Lipinski definition) is 2. The molecule has 1 aliphatic carbocycles. The Morgan fingerprint density at radius 2 is 1.55 bits per heavy atom. The van der Waals surface area contributed by atoms with Crippen molar-refractivity contribution in [1.29, 1.82) is 0 Å². The van der Waals surface area contributed by atoms with Crippen LogP contribution in [0.3, 0.4) is 0 Å². The molecule has 0 bridgehead atoms. The molecule has 296 valence electrons. The van der Waals surface area contributed by atoms with Gasteiger partial charge in [-0.05, 0) is 101 Å². The molecule has 0 radical (unpaired) electrons. The molecule has 3 atom stereocenters. The third-order valence-corrected chi connectivity index (χ3v) is 12.9. The van der Waals surface area contributed by atoms with Crippen LogP contribution in [0.4, 0.5) is 4.39 Å². The summed E-state index contributed by atoms with van der Waals surface area (Å²) in [6.45, 7) is 10.2. The first-order valence-corrected chi connectivity index (χ1v) is 20.6. The van der Waals surface area contributed by atoms with Crippen LogP contribution in [0.15, 0.2) is 47.3 Å². The SMILES string of the molecule is C[C@@H]1CN(CC2CCN(CC(=O)N3CCC(C(=O)c4cc(Cc5n[nH]c(=O)c6ccccc56)ccc4F)CC3)CC2)C[C@H](C)N1C(=O)[C@H](N)C1CCCCC1.